The normalized spacial score (nSPS) is 29.2. The van der Waals surface area contributed by atoms with Crippen LogP contribution in [0.15, 0.2) is 0 Å². The predicted octanol–water partition coefficient (Wildman–Crippen LogP) is -0.231. The molecule has 1 heterocycles. The molecule has 0 aromatic rings. The summed E-state index contributed by atoms with van der Waals surface area (Å²) in [6.45, 7) is 1.09. The van der Waals surface area contributed by atoms with Crippen LogP contribution in [0.3, 0.4) is 0 Å². The first-order valence-corrected chi connectivity index (χ1v) is 5.88. The van der Waals surface area contributed by atoms with E-state index in [0.29, 0.717) is 32.5 Å². The van der Waals surface area contributed by atoms with Gasteiger partial charge in [-0.15, -0.1) is 0 Å². The molecule has 100 valence electrons. The molecule has 6 nitrogen and oxygen atoms in total. The van der Waals surface area contributed by atoms with Crippen LogP contribution < -0.4 is 0 Å². The molecule has 3 unspecified atom stereocenters. The van der Waals surface area contributed by atoms with Crippen LogP contribution >= 0.6 is 0 Å². The molecule has 0 bridgehead atoms. The number of aliphatic hydroxyl groups excluding tert-OH is 2. The maximum Gasteiger partial charge on any atom is 0.303 e. The molecule has 0 radical (unpaired) electrons. The highest BCUT2D eigenvalue weighted by Crippen LogP contribution is 2.15. The first-order chi connectivity index (χ1) is 8.11. The third-order valence-corrected chi connectivity index (χ3v) is 2.73. The molecule has 1 fully saturated rings. The number of carboxylic acids is 1. The molecular formula is C11H20O6. The van der Waals surface area contributed by atoms with Crippen molar-refractivity contribution in [3.8, 4) is 0 Å². The van der Waals surface area contributed by atoms with Crippen molar-refractivity contribution >= 4 is 5.97 Å². The van der Waals surface area contributed by atoms with E-state index in [1.54, 1.807) is 0 Å². The van der Waals surface area contributed by atoms with E-state index in [1.165, 1.54) is 0 Å². The Bertz CT molecular complexity index is 232. The Labute approximate surface area is 100 Å². The van der Waals surface area contributed by atoms with Gasteiger partial charge in [0.05, 0.1) is 12.7 Å². The third kappa shape index (κ3) is 5.45. The summed E-state index contributed by atoms with van der Waals surface area (Å²) in [7, 11) is 0. The summed E-state index contributed by atoms with van der Waals surface area (Å²) in [6.07, 6.45) is -0.310. The molecule has 3 atom stereocenters. The SMILES string of the molecule is O=C(O)CCCCOCC1OCCC(O)C1O. The number of hydrogen-bond donors (Lipinski definition) is 3. The van der Waals surface area contributed by atoms with Crippen LogP contribution in [-0.2, 0) is 14.3 Å². The van der Waals surface area contributed by atoms with Gasteiger partial charge in [-0.1, -0.05) is 0 Å². The number of unbranched alkanes of at least 4 members (excludes halogenated alkanes) is 1. The maximum atomic E-state index is 10.2. The molecule has 1 aliphatic heterocycles. The number of ether oxygens (including phenoxy) is 2. The van der Waals surface area contributed by atoms with E-state index in [9.17, 15) is 15.0 Å². The van der Waals surface area contributed by atoms with Gasteiger partial charge in [0, 0.05) is 19.6 Å². The van der Waals surface area contributed by atoms with Crippen molar-refractivity contribution in [2.45, 2.75) is 44.0 Å². The van der Waals surface area contributed by atoms with Crippen molar-refractivity contribution in [1.82, 2.24) is 0 Å². The maximum absolute atomic E-state index is 10.2. The van der Waals surface area contributed by atoms with Crippen molar-refractivity contribution in [2.75, 3.05) is 19.8 Å². The number of rotatable bonds is 7. The van der Waals surface area contributed by atoms with Gasteiger partial charge in [-0.3, -0.25) is 4.79 Å². The molecule has 0 spiro atoms. The number of aliphatic hydroxyl groups is 2. The summed E-state index contributed by atoms with van der Waals surface area (Å²) in [6, 6.07) is 0. The number of carbonyl (C=O) groups is 1. The molecule has 1 rings (SSSR count). The highest BCUT2D eigenvalue weighted by Gasteiger charge is 2.31. The van der Waals surface area contributed by atoms with Gasteiger partial charge in [0.2, 0.25) is 0 Å². The smallest absolute Gasteiger partial charge is 0.303 e. The molecule has 1 aliphatic rings. The van der Waals surface area contributed by atoms with Gasteiger partial charge in [0.1, 0.15) is 12.2 Å². The van der Waals surface area contributed by atoms with Gasteiger partial charge in [-0.25, -0.2) is 0 Å². The fraction of sp³-hybridized carbons (Fsp3) is 0.909. The van der Waals surface area contributed by atoms with Crippen molar-refractivity contribution in [2.24, 2.45) is 0 Å². The van der Waals surface area contributed by atoms with Crippen LogP contribution in [0.2, 0.25) is 0 Å². The van der Waals surface area contributed by atoms with E-state index in [2.05, 4.69) is 0 Å². The molecule has 17 heavy (non-hydrogen) atoms. The lowest BCUT2D eigenvalue weighted by Gasteiger charge is -2.31. The fourth-order valence-corrected chi connectivity index (χ4v) is 1.68. The Kier molecular flexibility index (Phi) is 6.43. The summed E-state index contributed by atoms with van der Waals surface area (Å²) < 4.78 is 10.6. The van der Waals surface area contributed by atoms with E-state index in [4.69, 9.17) is 14.6 Å². The minimum Gasteiger partial charge on any atom is -0.481 e. The van der Waals surface area contributed by atoms with E-state index in [1.807, 2.05) is 0 Å². The first kappa shape index (κ1) is 14.4. The highest BCUT2D eigenvalue weighted by atomic mass is 16.5. The van der Waals surface area contributed by atoms with Crippen LogP contribution in [0.1, 0.15) is 25.7 Å². The van der Waals surface area contributed by atoms with Crippen LogP contribution in [0.25, 0.3) is 0 Å². The van der Waals surface area contributed by atoms with Gasteiger partial charge in [0.25, 0.3) is 0 Å². The zero-order chi connectivity index (χ0) is 12.7. The average Bonchev–Trinajstić information content (AvgIpc) is 2.28. The lowest BCUT2D eigenvalue weighted by Crippen LogP contribution is -2.46. The summed E-state index contributed by atoms with van der Waals surface area (Å²) in [4.78, 5) is 10.2. The summed E-state index contributed by atoms with van der Waals surface area (Å²) in [5.41, 5.74) is 0. The topological polar surface area (TPSA) is 96.2 Å². The van der Waals surface area contributed by atoms with Gasteiger partial charge in [-0.05, 0) is 19.3 Å². The van der Waals surface area contributed by atoms with Gasteiger partial charge in [0.15, 0.2) is 0 Å². The van der Waals surface area contributed by atoms with Crippen molar-refractivity contribution in [1.29, 1.82) is 0 Å². The molecular weight excluding hydrogens is 228 g/mol. The van der Waals surface area contributed by atoms with Gasteiger partial charge >= 0.3 is 5.97 Å². The van der Waals surface area contributed by atoms with Crippen molar-refractivity contribution < 1.29 is 29.6 Å². The van der Waals surface area contributed by atoms with Crippen LogP contribution in [0.5, 0.6) is 0 Å². The second-order valence-electron chi connectivity index (χ2n) is 4.18. The molecule has 0 aromatic heterocycles. The minimum atomic E-state index is -0.900. The zero-order valence-corrected chi connectivity index (χ0v) is 9.75. The highest BCUT2D eigenvalue weighted by molar-refractivity contribution is 5.66. The first-order valence-electron chi connectivity index (χ1n) is 5.88. The molecule has 0 aromatic carbocycles. The third-order valence-electron chi connectivity index (χ3n) is 2.73. The number of carboxylic acid groups (broad SMARTS) is 1. The second kappa shape index (κ2) is 7.60. The molecule has 6 heteroatoms. The second-order valence-corrected chi connectivity index (χ2v) is 4.18. The number of hydrogen-bond acceptors (Lipinski definition) is 5. The van der Waals surface area contributed by atoms with E-state index >= 15 is 0 Å². The molecule has 0 saturated carbocycles. The van der Waals surface area contributed by atoms with Crippen LogP contribution in [0.4, 0.5) is 0 Å². The van der Waals surface area contributed by atoms with Gasteiger partial charge in [-0.2, -0.15) is 0 Å². The number of aliphatic carboxylic acids is 1. The Morgan fingerprint density at radius 3 is 2.82 bits per heavy atom. The minimum absolute atomic E-state index is 0.143. The molecule has 3 N–H and O–H groups in total. The largest absolute Gasteiger partial charge is 0.481 e. The Morgan fingerprint density at radius 2 is 2.12 bits per heavy atom. The quantitative estimate of drug-likeness (QED) is 0.538. The van der Waals surface area contributed by atoms with Crippen LogP contribution in [0, 0.1) is 0 Å². The predicted molar refractivity (Wildman–Crippen MR) is 58.7 cm³/mol. The zero-order valence-electron chi connectivity index (χ0n) is 9.75. The Morgan fingerprint density at radius 1 is 1.35 bits per heavy atom. The monoisotopic (exact) mass is 248 g/mol. The van der Waals surface area contributed by atoms with E-state index < -0.39 is 24.3 Å². The lowest BCUT2D eigenvalue weighted by molar-refractivity contribution is -0.154. The molecule has 0 amide bonds. The van der Waals surface area contributed by atoms with Crippen molar-refractivity contribution in [3.05, 3.63) is 0 Å². The summed E-state index contributed by atoms with van der Waals surface area (Å²) >= 11 is 0. The Balaban J connectivity index is 2.03. The fourth-order valence-electron chi connectivity index (χ4n) is 1.68. The van der Waals surface area contributed by atoms with Crippen LogP contribution in [-0.4, -0.2) is 59.4 Å². The molecule has 0 aliphatic carbocycles. The summed E-state index contributed by atoms with van der Waals surface area (Å²) in [5, 5.41) is 27.4. The standard InChI is InChI=1S/C11H20O6/c12-8-4-6-17-9(11(8)15)7-16-5-2-1-3-10(13)14/h8-9,11-12,15H,1-7H2,(H,13,14). The Hall–Kier alpha value is -0.690. The van der Waals surface area contributed by atoms with E-state index in [-0.39, 0.29) is 13.0 Å². The van der Waals surface area contributed by atoms with Crippen molar-refractivity contribution in [3.63, 3.8) is 0 Å². The van der Waals surface area contributed by atoms with E-state index in [0.717, 1.165) is 0 Å². The average molecular weight is 248 g/mol. The summed E-state index contributed by atoms with van der Waals surface area (Å²) in [5.74, 6) is -0.806. The molecule has 1 saturated heterocycles. The van der Waals surface area contributed by atoms with Gasteiger partial charge < -0.3 is 24.8 Å². The lowest BCUT2D eigenvalue weighted by atomic mass is 10.0.